The lowest BCUT2D eigenvalue weighted by atomic mass is 9.92. The molecule has 3 heterocycles. The average molecular weight is 415 g/mol. The highest BCUT2D eigenvalue weighted by molar-refractivity contribution is 7.17. The van der Waals surface area contributed by atoms with Crippen molar-refractivity contribution in [3.05, 3.63) is 47.1 Å². The molecule has 0 aliphatic carbocycles. The molecule has 0 bridgehead atoms. The van der Waals surface area contributed by atoms with Gasteiger partial charge in [0.2, 0.25) is 5.91 Å². The maximum atomic E-state index is 13.1. The Balaban J connectivity index is 1.33. The van der Waals surface area contributed by atoms with Crippen LogP contribution in [0.5, 0.6) is 0 Å². The molecule has 0 atom stereocenters. The minimum atomic E-state index is -0.266. The van der Waals surface area contributed by atoms with Crippen molar-refractivity contribution in [2.45, 2.75) is 32.6 Å². The van der Waals surface area contributed by atoms with Gasteiger partial charge in [-0.15, -0.1) is 11.3 Å². The summed E-state index contributed by atoms with van der Waals surface area (Å²) < 4.78 is 13.1. The van der Waals surface area contributed by atoms with Gasteiger partial charge in [-0.25, -0.2) is 4.39 Å². The molecule has 2 amide bonds. The number of carbonyl (C=O) groups excluding carboxylic acids is 2. The van der Waals surface area contributed by atoms with E-state index in [2.05, 4.69) is 6.92 Å². The molecule has 2 aliphatic rings. The Morgan fingerprint density at radius 2 is 1.52 bits per heavy atom. The quantitative estimate of drug-likeness (QED) is 0.733. The van der Waals surface area contributed by atoms with Crippen LogP contribution >= 0.6 is 11.3 Å². The Bertz CT molecular complexity index is 863. The average Bonchev–Trinajstić information content (AvgIpc) is 3.24. The highest BCUT2D eigenvalue weighted by atomic mass is 32.1. The van der Waals surface area contributed by atoms with E-state index in [1.807, 2.05) is 21.9 Å². The molecule has 2 aromatic rings. The summed E-state index contributed by atoms with van der Waals surface area (Å²) in [6.07, 6.45) is 3.68. The standard InChI is InChI=1S/C23H27FN2O2S/c1-16-8-12-25(13-9-16)22(27)18-10-14-26(15-11-18)23(28)21-7-6-20(29-21)17-2-4-19(24)5-3-17/h2-7,16,18H,8-15H2,1H3. The SMILES string of the molecule is CC1CCN(C(=O)C2CCN(C(=O)c3ccc(-c4ccc(F)cc4)s3)CC2)CC1. The molecule has 2 aliphatic heterocycles. The first kappa shape index (κ1) is 20.1. The van der Waals surface area contributed by atoms with Gasteiger partial charge in [0, 0.05) is 37.0 Å². The first-order valence-corrected chi connectivity index (χ1v) is 11.3. The van der Waals surface area contributed by atoms with Gasteiger partial charge in [0.15, 0.2) is 0 Å². The maximum absolute atomic E-state index is 13.1. The van der Waals surface area contributed by atoms with Gasteiger partial charge in [-0.05, 0) is 61.4 Å². The second kappa shape index (κ2) is 8.66. The van der Waals surface area contributed by atoms with E-state index >= 15 is 0 Å². The Hall–Kier alpha value is -2.21. The van der Waals surface area contributed by atoms with Crippen LogP contribution in [0.3, 0.4) is 0 Å². The van der Waals surface area contributed by atoms with Gasteiger partial charge in [0.25, 0.3) is 5.91 Å². The molecule has 0 radical (unpaired) electrons. The molecule has 0 spiro atoms. The molecule has 0 saturated carbocycles. The van der Waals surface area contributed by atoms with Crippen LogP contribution in [0.15, 0.2) is 36.4 Å². The van der Waals surface area contributed by atoms with Gasteiger partial charge in [-0.1, -0.05) is 19.1 Å². The van der Waals surface area contributed by atoms with Crippen LogP contribution in [0.1, 0.15) is 42.3 Å². The van der Waals surface area contributed by atoms with Gasteiger partial charge in [0.05, 0.1) is 4.88 Å². The molecule has 154 valence electrons. The largest absolute Gasteiger partial charge is 0.342 e. The maximum Gasteiger partial charge on any atom is 0.263 e. The molecule has 29 heavy (non-hydrogen) atoms. The third-order valence-electron chi connectivity index (χ3n) is 6.17. The van der Waals surface area contributed by atoms with E-state index in [1.54, 1.807) is 12.1 Å². The molecule has 4 rings (SSSR count). The second-order valence-electron chi connectivity index (χ2n) is 8.25. The Labute approximate surface area is 175 Å². The number of hydrogen-bond acceptors (Lipinski definition) is 3. The molecular formula is C23H27FN2O2S. The first-order chi connectivity index (χ1) is 14.0. The van der Waals surface area contributed by atoms with Gasteiger partial charge in [-0.3, -0.25) is 9.59 Å². The number of benzene rings is 1. The van der Waals surface area contributed by atoms with Crippen molar-refractivity contribution < 1.29 is 14.0 Å². The minimum Gasteiger partial charge on any atom is -0.342 e. The molecule has 1 aromatic heterocycles. The zero-order chi connectivity index (χ0) is 20.4. The van der Waals surface area contributed by atoms with E-state index in [9.17, 15) is 14.0 Å². The highest BCUT2D eigenvalue weighted by Crippen LogP contribution is 2.30. The lowest BCUT2D eigenvalue weighted by Gasteiger charge is -2.36. The summed E-state index contributed by atoms with van der Waals surface area (Å²) in [7, 11) is 0. The number of thiophene rings is 1. The van der Waals surface area contributed by atoms with Gasteiger partial charge >= 0.3 is 0 Å². The predicted molar refractivity (Wildman–Crippen MR) is 113 cm³/mol. The van der Waals surface area contributed by atoms with E-state index < -0.39 is 0 Å². The molecule has 2 fully saturated rings. The topological polar surface area (TPSA) is 40.6 Å². The first-order valence-electron chi connectivity index (χ1n) is 10.4. The fraction of sp³-hybridized carbons (Fsp3) is 0.478. The number of rotatable bonds is 3. The second-order valence-corrected chi connectivity index (χ2v) is 9.33. The summed E-state index contributed by atoms with van der Waals surface area (Å²) in [5, 5.41) is 0. The Kier molecular flexibility index (Phi) is 5.99. The smallest absolute Gasteiger partial charge is 0.263 e. The van der Waals surface area contributed by atoms with E-state index in [1.165, 1.54) is 23.5 Å². The molecule has 1 aromatic carbocycles. The van der Waals surface area contributed by atoms with E-state index in [0.29, 0.717) is 23.9 Å². The van der Waals surface area contributed by atoms with Crippen molar-refractivity contribution >= 4 is 23.2 Å². The van der Waals surface area contributed by atoms with E-state index in [4.69, 9.17) is 0 Å². The van der Waals surface area contributed by atoms with Crippen LogP contribution in [-0.2, 0) is 4.79 Å². The van der Waals surface area contributed by atoms with Gasteiger partial charge < -0.3 is 9.80 Å². The fourth-order valence-electron chi connectivity index (χ4n) is 4.19. The van der Waals surface area contributed by atoms with Gasteiger partial charge in [0.1, 0.15) is 5.82 Å². The van der Waals surface area contributed by atoms with Crippen LogP contribution in [0.25, 0.3) is 10.4 Å². The number of piperidine rings is 2. The van der Waals surface area contributed by atoms with Crippen molar-refractivity contribution in [3.63, 3.8) is 0 Å². The molecule has 0 unspecified atom stereocenters. The fourth-order valence-corrected chi connectivity index (χ4v) is 5.17. The number of carbonyl (C=O) groups is 2. The highest BCUT2D eigenvalue weighted by Gasteiger charge is 2.32. The Morgan fingerprint density at radius 3 is 2.17 bits per heavy atom. The summed E-state index contributed by atoms with van der Waals surface area (Å²) in [6.45, 7) is 5.26. The van der Waals surface area contributed by atoms with Crippen molar-refractivity contribution in [2.75, 3.05) is 26.2 Å². The van der Waals surface area contributed by atoms with Gasteiger partial charge in [-0.2, -0.15) is 0 Å². The normalized spacial score (nSPS) is 18.8. The zero-order valence-electron chi connectivity index (χ0n) is 16.8. The number of hydrogen-bond donors (Lipinski definition) is 0. The molecule has 6 heteroatoms. The van der Waals surface area contributed by atoms with E-state index in [-0.39, 0.29) is 23.5 Å². The summed E-state index contributed by atoms with van der Waals surface area (Å²) in [6, 6.07) is 10.1. The summed E-state index contributed by atoms with van der Waals surface area (Å²) >= 11 is 1.43. The van der Waals surface area contributed by atoms with Crippen LogP contribution in [-0.4, -0.2) is 47.8 Å². The van der Waals surface area contributed by atoms with Crippen molar-refractivity contribution in [1.29, 1.82) is 0 Å². The van der Waals surface area contributed by atoms with Crippen LogP contribution in [0, 0.1) is 17.7 Å². The molecular weight excluding hydrogens is 387 g/mol. The lowest BCUT2D eigenvalue weighted by molar-refractivity contribution is -0.138. The summed E-state index contributed by atoms with van der Waals surface area (Å²) in [5.74, 6) is 0.799. The predicted octanol–water partition coefficient (Wildman–Crippen LogP) is 4.66. The number of amides is 2. The molecule has 4 nitrogen and oxygen atoms in total. The third-order valence-corrected chi connectivity index (χ3v) is 7.29. The third kappa shape index (κ3) is 4.53. The molecule has 2 saturated heterocycles. The zero-order valence-corrected chi connectivity index (χ0v) is 17.6. The number of nitrogens with zero attached hydrogens (tertiary/aromatic N) is 2. The summed E-state index contributed by atoms with van der Waals surface area (Å²) in [4.78, 5) is 31.2. The minimum absolute atomic E-state index is 0.0288. The monoisotopic (exact) mass is 414 g/mol. The Morgan fingerprint density at radius 1 is 0.897 bits per heavy atom. The van der Waals surface area contributed by atoms with E-state index in [0.717, 1.165) is 49.2 Å². The van der Waals surface area contributed by atoms with Crippen molar-refractivity contribution in [2.24, 2.45) is 11.8 Å². The van der Waals surface area contributed by atoms with Crippen LogP contribution < -0.4 is 0 Å². The van der Waals surface area contributed by atoms with Crippen LogP contribution in [0.4, 0.5) is 4.39 Å². The van der Waals surface area contributed by atoms with Crippen molar-refractivity contribution in [3.8, 4) is 10.4 Å². The summed E-state index contributed by atoms with van der Waals surface area (Å²) in [5.41, 5.74) is 0.913. The number of likely N-dealkylation sites (tertiary alicyclic amines) is 2. The van der Waals surface area contributed by atoms with Crippen molar-refractivity contribution in [1.82, 2.24) is 9.80 Å². The van der Waals surface area contributed by atoms with Crippen LogP contribution in [0.2, 0.25) is 0 Å². The molecule has 0 N–H and O–H groups in total. The number of halogens is 1. The lowest BCUT2D eigenvalue weighted by Crippen LogP contribution is -2.46.